The zero-order valence-corrected chi connectivity index (χ0v) is 13.2. The van der Waals surface area contributed by atoms with Crippen LogP contribution in [0.25, 0.3) is 0 Å². The van der Waals surface area contributed by atoms with E-state index < -0.39 is 0 Å². The molecule has 1 unspecified atom stereocenters. The molecule has 0 fully saturated rings. The summed E-state index contributed by atoms with van der Waals surface area (Å²) in [4.78, 5) is 0. The molecule has 0 saturated heterocycles. The average molecular weight is 347 g/mol. The minimum absolute atomic E-state index is 0.0725. The molecule has 96 valence electrons. The Bertz CT molecular complexity index is 335. The fraction of sp³-hybridized carbons (Fsp3) is 0.571. The number of hydrogen-bond acceptors (Lipinski definition) is 2. The summed E-state index contributed by atoms with van der Waals surface area (Å²) in [6, 6.07) is 9.16. The lowest BCUT2D eigenvalue weighted by Gasteiger charge is -2.28. The third-order valence-electron chi connectivity index (χ3n) is 3.09. The van der Waals surface area contributed by atoms with Crippen molar-refractivity contribution in [3.63, 3.8) is 0 Å². The molecule has 1 aromatic carbocycles. The van der Waals surface area contributed by atoms with E-state index in [4.69, 9.17) is 4.74 Å². The molecule has 0 radical (unpaired) electrons. The van der Waals surface area contributed by atoms with Crippen LogP contribution in [0.2, 0.25) is 0 Å². The first-order valence-electron chi connectivity index (χ1n) is 5.94. The standard InChI is InChI=1S/C14H22INO/c1-14(2,17-4)10-13(16-3)9-11-5-7-12(15)8-6-11/h5-8,13,16H,9-10H2,1-4H3. The molecule has 1 aromatic rings. The monoisotopic (exact) mass is 347 g/mol. The van der Waals surface area contributed by atoms with Crippen LogP contribution in [0.4, 0.5) is 0 Å². The average Bonchev–Trinajstić information content (AvgIpc) is 2.31. The molecule has 0 aliphatic heterocycles. The van der Waals surface area contributed by atoms with E-state index in [9.17, 15) is 0 Å². The van der Waals surface area contributed by atoms with Crippen LogP contribution < -0.4 is 5.32 Å². The van der Waals surface area contributed by atoms with Crippen LogP contribution in [-0.4, -0.2) is 25.8 Å². The van der Waals surface area contributed by atoms with Gasteiger partial charge in [0.05, 0.1) is 5.60 Å². The number of benzene rings is 1. The second kappa shape index (κ2) is 6.71. The highest BCUT2D eigenvalue weighted by Crippen LogP contribution is 2.18. The fourth-order valence-corrected chi connectivity index (χ4v) is 2.22. The molecular formula is C14H22INO. The van der Waals surface area contributed by atoms with Gasteiger partial charge < -0.3 is 10.1 Å². The minimum Gasteiger partial charge on any atom is -0.379 e. The van der Waals surface area contributed by atoms with Gasteiger partial charge in [-0.2, -0.15) is 0 Å². The summed E-state index contributed by atoms with van der Waals surface area (Å²) < 4.78 is 6.77. The normalized spacial score (nSPS) is 13.7. The topological polar surface area (TPSA) is 21.3 Å². The molecule has 3 heteroatoms. The van der Waals surface area contributed by atoms with Crippen LogP contribution >= 0.6 is 22.6 Å². The Hall–Kier alpha value is -0.130. The maximum atomic E-state index is 5.49. The molecule has 0 heterocycles. The van der Waals surface area contributed by atoms with E-state index in [1.807, 2.05) is 7.05 Å². The van der Waals surface area contributed by atoms with E-state index >= 15 is 0 Å². The van der Waals surface area contributed by atoms with Crippen LogP contribution in [0.1, 0.15) is 25.8 Å². The SMILES string of the molecule is CNC(Cc1ccc(I)cc1)CC(C)(C)OC. The van der Waals surface area contributed by atoms with Gasteiger partial charge in [-0.05, 0) is 74.0 Å². The Morgan fingerprint density at radius 2 is 1.88 bits per heavy atom. The summed E-state index contributed by atoms with van der Waals surface area (Å²) in [5.74, 6) is 0. The first kappa shape index (κ1) is 14.9. The lowest BCUT2D eigenvalue weighted by atomic mass is 9.94. The van der Waals surface area contributed by atoms with Gasteiger partial charge in [0.1, 0.15) is 0 Å². The maximum absolute atomic E-state index is 5.49. The minimum atomic E-state index is -0.0725. The van der Waals surface area contributed by atoms with Gasteiger partial charge in [0.2, 0.25) is 0 Å². The van der Waals surface area contributed by atoms with E-state index in [2.05, 4.69) is 66.0 Å². The molecule has 2 nitrogen and oxygen atoms in total. The van der Waals surface area contributed by atoms with Gasteiger partial charge >= 0.3 is 0 Å². The van der Waals surface area contributed by atoms with Gasteiger partial charge in [-0.25, -0.2) is 0 Å². The smallest absolute Gasteiger partial charge is 0.0637 e. The van der Waals surface area contributed by atoms with E-state index in [-0.39, 0.29) is 5.60 Å². The number of nitrogens with one attached hydrogen (secondary N) is 1. The summed E-state index contributed by atoms with van der Waals surface area (Å²) >= 11 is 2.33. The predicted molar refractivity (Wildman–Crippen MR) is 81.4 cm³/mol. The van der Waals surface area contributed by atoms with Crippen molar-refractivity contribution in [1.82, 2.24) is 5.32 Å². The quantitative estimate of drug-likeness (QED) is 0.798. The molecule has 0 aliphatic carbocycles. The molecule has 0 saturated carbocycles. The zero-order chi connectivity index (χ0) is 12.9. The van der Waals surface area contributed by atoms with Gasteiger partial charge in [-0.15, -0.1) is 0 Å². The van der Waals surface area contributed by atoms with E-state index in [1.54, 1.807) is 7.11 Å². The van der Waals surface area contributed by atoms with Crippen molar-refractivity contribution in [3.8, 4) is 0 Å². The lowest BCUT2D eigenvalue weighted by Crippen LogP contribution is -2.37. The van der Waals surface area contributed by atoms with Crippen molar-refractivity contribution in [2.45, 2.75) is 38.3 Å². The fourth-order valence-electron chi connectivity index (χ4n) is 1.86. The van der Waals surface area contributed by atoms with Crippen molar-refractivity contribution in [3.05, 3.63) is 33.4 Å². The summed E-state index contributed by atoms with van der Waals surface area (Å²) in [5.41, 5.74) is 1.30. The van der Waals surface area contributed by atoms with E-state index in [0.717, 1.165) is 12.8 Å². The van der Waals surface area contributed by atoms with Gasteiger partial charge in [-0.1, -0.05) is 12.1 Å². The molecule has 0 amide bonds. The second-order valence-electron chi connectivity index (χ2n) is 4.98. The third-order valence-corrected chi connectivity index (χ3v) is 3.81. The summed E-state index contributed by atoms with van der Waals surface area (Å²) in [6.45, 7) is 4.26. The Morgan fingerprint density at radius 3 is 2.35 bits per heavy atom. The molecule has 0 spiro atoms. The van der Waals surface area contributed by atoms with Crippen LogP contribution in [0, 0.1) is 3.57 Å². The Labute approximate surface area is 118 Å². The molecule has 1 N–H and O–H groups in total. The Balaban J connectivity index is 2.61. The third kappa shape index (κ3) is 5.36. The van der Waals surface area contributed by atoms with Gasteiger partial charge in [0.15, 0.2) is 0 Å². The summed E-state index contributed by atoms with van der Waals surface area (Å²) in [7, 11) is 3.79. The molecular weight excluding hydrogens is 325 g/mol. The van der Waals surface area contributed by atoms with Crippen LogP contribution in [-0.2, 0) is 11.2 Å². The molecule has 1 atom stereocenters. The van der Waals surface area contributed by atoms with E-state index in [0.29, 0.717) is 6.04 Å². The second-order valence-corrected chi connectivity index (χ2v) is 6.23. The van der Waals surface area contributed by atoms with Gasteiger partial charge in [0.25, 0.3) is 0 Å². The molecule has 17 heavy (non-hydrogen) atoms. The summed E-state index contributed by atoms with van der Waals surface area (Å²) in [6.07, 6.45) is 2.05. The Morgan fingerprint density at radius 1 is 1.29 bits per heavy atom. The number of rotatable bonds is 6. The van der Waals surface area contributed by atoms with E-state index in [1.165, 1.54) is 9.13 Å². The first-order chi connectivity index (χ1) is 7.96. The van der Waals surface area contributed by atoms with Gasteiger partial charge in [-0.3, -0.25) is 0 Å². The maximum Gasteiger partial charge on any atom is 0.0637 e. The van der Waals surface area contributed by atoms with Crippen LogP contribution in [0.5, 0.6) is 0 Å². The highest BCUT2D eigenvalue weighted by atomic mass is 127. The van der Waals surface area contributed by atoms with Crippen molar-refractivity contribution in [2.24, 2.45) is 0 Å². The lowest BCUT2D eigenvalue weighted by molar-refractivity contribution is 0.00773. The molecule has 1 rings (SSSR count). The van der Waals surface area contributed by atoms with Crippen molar-refractivity contribution < 1.29 is 4.74 Å². The first-order valence-corrected chi connectivity index (χ1v) is 7.01. The summed E-state index contributed by atoms with van der Waals surface area (Å²) in [5, 5.41) is 3.37. The van der Waals surface area contributed by atoms with Crippen LogP contribution in [0.15, 0.2) is 24.3 Å². The number of hydrogen-bond donors (Lipinski definition) is 1. The number of halogens is 1. The number of methoxy groups -OCH3 is 1. The number of ether oxygens (including phenoxy) is 1. The molecule has 0 aromatic heterocycles. The van der Waals surface area contributed by atoms with Crippen molar-refractivity contribution >= 4 is 22.6 Å². The zero-order valence-electron chi connectivity index (χ0n) is 11.1. The van der Waals surface area contributed by atoms with Gasteiger partial charge in [0, 0.05) is 16.7 Å². The Kier molecular flexibility index (Phi) is 5.89. The highest BCUT2D eigenvalue weighted by Gasteiger charge is 2.21. The highest BCUT2D eigenvalue weighted by molar-refractivity contribution is 14.1. The largest absolute Gasteiger partial charge is 0.379 e. The van der Waals surface area contributed by atoms with Crippen molar-refractivity contribution in [1.29, 1.82) is 0 Å². The van der Waals surface area contributed by atoms with Crippen LogP contribution in [0.3, 0.4) is 0 Å². The molecule has 0 bridgehead atoms. The predicted octanol–water partition coefficient (Wildman–Crippen LogP) is 3.24. The number of likely N-dealkylation sites (N-methyl/N-ethyl adjacent to an activating group) is 1. The van der Waals surface area contributed by atoms with Crippen molar-refractivity contribution in [2.75, 3.05) is 14.2 Å². The molecule has 0 aliphatic rings.